The molecule has 0 aliphatic carbocycles. The van der Waals surface area contributed by atoms with Crippen LogP contribution in [0, 0.1) is 0 Å². The van der Waals surface area contributed by atoms with Crippen molar-refractivity contribution < 1.29 is 9.47 Å². The Morgan fingerprint density at radius 3 is 2.45 bits per heavy atom. The molecule has 1 heterocycles. The normalized spacial score (nSPS) is 16.7. The lowest BCUT2D eigenvalue weighted by molar-refractivity contribution is 0.00988. The van der Waals surface area contributed by atoms with Gasteiger partial charge in [0.25, 0.3) is 0 Å². The third kappa shape index (κ3) is 9.17. The Morgan fingerprint density at radius 2 is 1.84 bits per heavy atom. The molecule has 1 saturated heterocycles. The Kier molecular flexibility index (Phi) is 12.6. The van der Waals surface area contributed by atoms with Crippen LogP contribution in [0.15, 0.2) is 35.3 Å². The van der Waals surface area contributed by atoms with Gasteiger partial charge in [-0.2, -0.15) is 0 Å². The number of hydrogen-bond donors (Lipinski definition) is 1. The summed E-state index contributed by atoms with van der Waals surface area (Å²) in [4.78, 5) is 10.0. The lowest BCUT2D eigenvalue weighted by Crippen LogP contribution is -2.48. The maximum atomic E-state index is 6.02. The molecule has 0 aromatic heterocycles. The minimum Gasteiger partial charge on any atom is -0.385 e. The first kappa shape index (κ1) is 25.6. The monoisotopic (exact) mass is 432 g/mol. The molecule has 0 spiro atoms. The minimum absolute atomic E-state index is 0.359. The van der Waals surface area contributed by atoms with Crippen LogP contribution in [0.1, 0.15) is 45.6 Å². The zero-order chi connectivity index (χ0) is 22.3. The summed E-state index contributed by atoms with van der Waals surface area (Å²) in [5, 5.41) is 3.52. The van der Waals surface area contributed by atoms with E-state index < -0.39 is 0 Å². The second kappa shape index (κ2) is 15.2. The zero-order valence-corrected chi connectivity index (χ0v) is 20.2. The molecule has 1 unspecified atom stereocenters. The van der Waals surface area contributed by atoms with Gasteiger partial charge >= 0.3 is 0 Å². The lowest BCUT2D eigenvalue weighted by Gasteiger charge is -2.35. The number of benzene rings is 1. The summed E-state index contributed by atoms with van der Waals surface area (Å²) in [7, 11) is 1.74. The number of ether oxygens (including phenoxy) is 2. The molecular weight excluding hydrogens is 388 g/mol. The van der Waals surface area contributed by atoms with Crippen LogP contribution < -0.4 is 5.32 Å². The summed E-state index contributed by atoms with van der Waals surface area (Å²) in [6.45, 7) is 14.0. The molecule has 0 radical (unpaired) electrons. The number of hydrogen-bond acceptors (Lipinski definition) is 4. The fourth-order valence-corrected chi connectivity index (χ4v) is 4.24. The number of nitrogens with zero attached hydrogens (tertiary/aromatic N) is 3. The average molecular weight is 433 g/mol. The molecule has 1 aliphatic rings. The van der Waals surface area contributed by atoms with Gasteiger partial charge < -0.3 is 19.7 Å². The molecule has 2 rings (SSSR count). The first-order valence-electron chi connectivity index (χ1n) is 12.1. The fourth-order valence-electron chi connectivity index (χ4n) is 4.24. The third-order valence-corrected chi connectivity index (χ3v) is 6.02. The van der Waals surface area contributed by atoms with E-state index in [0.717, 1.165) is 84.1 Å². The molecule has 1 aromatic rings. The highest BCUT2D eigenvalue weighted by Crippen LogP contribution is 2.15. The summed E-state index contributed by atoms with van der Waals surface area (Å²) in [6, 6.07) is 11.2. The van der Waals surface area contributed by atoms with Crippen molar-refractivity contribution in [3.8, 4) is 0 Å². The Balaban J connectivity index is 1.95. The summed E-state index contributed by atoms with van der Waals surface area (Å²) in [6.07, 6.45) is 4.47. The van der Waals surface area contributed by atoms with Crippen molar-refractivity contribution in [3.05, 3.63) is 35.9 Å². The standard InChI is InChI=1S/C25H44N4O2/c1-5-26-25(29-16-14-24(15-17-29)31-19-11-18-30-4)27-21-23(28(6-2)7-3)20-22-12-9-8-10-13-22/h8-10,12-13,23-24H,5-7,11,14-21H2,1-4H3,(H,26,27). The lowest BCUT2D eigenvalue weighted by atomic mass is 10.0. The predicted molar refractivity (Wildman–Crippen MR) is 130 cm³/mol. The van der Waals surface area contributed by atoms with Gasteiger partial charge in [-0.05, 0) is 51.3 Å². The summed E-state index contributed by atoms with van der Waals surface area (Å²) >= 11 is 0. The smallest absolute Gasteiger partial charge is 0.193 e. The fraction of sp³-hybridized carbons (Fsp3) is 0.720. The molecule has 0 amide bonds. The van der Waals surface area contributed by atoms with Crippen LogP contribution in [0.5, 0.6) is 0 Å². The Hall–Kier alpha value is -1.63. The Bertz CT molecular complexity index is 599. The van der Waals surface area contributed by atoms with Crippen molar-refractivity contribution in [2.24, 2.45) is 4.99 Å². The number of aliphatic imine (C=N–C) groups is 1. The first-order chi connectivity index (χ1) is 15.2. The number of guanidine groups is 1. The van der Waals surface area contributed by atoms with Crippen molar-refractivity contribution in [1.82, 2.24) is 15.1 Å². The molecule has 176 valence electrons. The van der Waals surface area contributed by atoms with E-state index in [1.807, 2.05) is 0 Å². The van der Waals surface area contributed by atoms with Crippen LogP contribution >= 0.6 is 0 Å². The highest BCUT2D eigenvalue weighted by molar-refractivity contribution is 5.80. The van der Waals surface area contributed by atoms with Gasteiger partial charge in [0.2, 0.25) is 0 Å². The van der Waals surface area contributed by atoms with Gasteiger partial charge in [0.1, 0.15) is 0 Å². The summed E-state index contributed by atoms with van der Waals surface area (Å²) in [5.74, 6) is 1.05. The molecule has 1 aliphatic heterocycles. The molecule has 6 heteroatoms. The molecule has 6 nitrogen and oxygen atoms in total. The van der Waals surface area contributed by atoms with E-state index in [4.69, 9.17) is 14.5 Å². The van der Waals surface area contributed by atoms with Gasteiger partial charge in [0.05, 0.1) is 12.6 Å². The number of likely N-dealkylation sites (tertiary alicyclic amines) is 1. The van der Waals surface area contributed by atoms with Crippen molar-refractivity contribution in [2.45, 2.75) is 58.6 Å². The van der Waals surface area contributed by atoms with Crippen LogP contribution in [-0.4, -0.2) is 87.5 Å². The second-order valence-corrected chi connectivity index (χ2v) is 8.16. The topological polar surface area (TPSA) is 49.3 Å². The maximum Gasteiger partial charge on any atom is 0.193 e. The van der Waals surface area contributed by atoms with Crippen molar-refractivity contribution in [3.63, 3.8) is 0 Å². The minimum atomic E-state index is 0.359. The third-order valence-electron chi connectivity index (χ3n) is 6.02. The van der Waals surface area contributed by atoms with Crippen molar-refractivity contribution in [1.29, 1.82) is 0 Å². The zero-order valence-electron chi connectivity index (χ0n) is 20.2. The second-order valence-electron chi connectivity index (χ2n) is 8.16. The number of rotatable bonds is 13. The first-order valence-corrected chi connectivity index (χ1v) is 12.1. The van der Waals surface area contributed by atoms with E-state index in [2.05, 4.69) is 66.2 Å². The van der Waals surface area contributed by atoms with Gasteiger partial charge in [0.15, 0.2) is 5.96 Å². The molecule has 0 bridgehead atoms. The Labute approximate surface area is 190 Å². The number of methoxy groups -OCH3 is 1. The molecular formula is C25H44N4O2. The molecule has 0 saturated carbocycles. The van der Waals surface area contributed by atoms with Gasteiger partial charge in [0, 0.05) is 46.0 Å². The van der Waals surface area contributed by atoms with E-state index in [1.165, 1.54) is 5.56 Å². The van der Waals surface area contributed by atoms with E-state index >= 15 is 0 Å². The largest absolute Gasteiger partial charge is 0.385 e. The van der Waals surface area contributed by atoms with Gasteiger partial charge in [-0.25, -0.2) is 0 Å². The number of likely N-dealkylation sites (N-methyl/N-ethyl adjacent to an activating group) is 1. The number of nitrogens with one attached hydrogen (secondary N) is 1. The van der Waals surface area contributed by atoms with Gasteiger partial charge in [-0.1, -0.05) is 44.2 Å². The molecule has 1 aromatic carbocycles. The van der Waals surface area contributed by atoms with Crippen LogP contribution in [0.3, 0.4) is 0 Å². The van der Waals surface area contributed by atoms with Crippen LogP contribution in [-0.2, 0) is 15.9 Å². The Morgan fingerprint density at radius 1 is 1.13 bits per heavy atom. The van der Waals surface area contributed by atoms with Gasteiger partial charge in [-0.3, -0.25) is 9.89 Å². The van der Waals surface area contributed by atoms with Crippen LogP contribution in [0.25, 0.3) is 0 Å². The highest BCUT2D eigenvalue weighted by atomic mass is 16.5. The SMILES string of the molecule is CCNC(=NCC(Cc1ccccc1)N(CC)CC)N1CCC(OCCCOC)CC1. The summed E-state index contributed by atoms with van der Waals surface area (Å²) in [5.41, 5.74) is 1.38. The van der Waals surface area contributed by atoms with E-state index in [0.29, 0.717) is 12.1 Å². The van der Waals surface area contributed by atoms with Crippen molar-refractivity contribution in [2.75, 3.05) is 59.6 Å². The van der Waals surface area contributed by atoms with E-state index in [-0.39, 0.29) is 0 Å². The van der Waals surface area contributed by atoms with E-state index in [1.54, 1.807) is 7.11 Å². The number of piperidine rings is 1. The molecule has 1 atom stereocenters. The van der Waals surface area contributed by atoms with Crippen LogP contribution in [0.4, 0.5) is 0 Å². The maximum absolute atomic E-state index is 6.02. The van der Waals surface area contributed by atoms with Crippen LogP contribution in [0.2, 0.25) is 0 Å². The van der Waals surface area contributed by atoms with Gasteiger partial charge in [-0.15, -0.1) is 0 Å². The molecule has 31 heavy (non-hydrogen) atoms. The van der Waals surface area contributed by atoms with E-state index in [9.17, 15) is 0 Å². The average Bonchev–Trinajstić information content (AvgIpc) is 2.81. The molecule has 1 fully saturated rings. The highest BCUT2D eigenvalue weighted by Gasteiger charge is 2.23. The quantitative estimate of drug-likeness (QED) is 0.294. The van der Waals surface area contributed by atoms with Crippen molar-refractivity contribution >= 4 is 5.96 Å². The summed E-state index contributed by atoms with van der Waals surface area (Å²) < 4.78 is 11.1. The predicted octanol–water partition coefficient (Wildman–Crippen LogP) is 3.42. The molecule has 1 N–H and O–H groups in total.